The van der Waals surface area contributed by atoms with Gasteiger partial charge in [-0.05, 0) is 55.0 Å². The molecule has 1 aliphatic carbocycles. The standard InChI is InChI=1S/C21H21F2N3O3/c1-12-6-17(23)20(24-9-12)26-11-18(28)25(10-13-2-4-15(22)5-3-13)19(21(26)29)14-7-16(27)8-14/h2-6,9,14,16,19,27H,7-8,10-11H2,1H3/t14?,16?,19-/m0/s1. The second-order valence-corrected chi connectivity index (χ2v) is 7.72. The topological polar surface area (TPSA) is 73.7 Å². The number of benzene rings is 1. The highest BCUT2D eigenvalue weighted by molar-refractivity contribution is 6.06. The Labute approximate surface area is 166 Å². The van der Waals surface area contributed by atoms with Gasteiger partial charge in [-0.3, -0.25) is 14.5 Å². The summed E-state index contributed by atoms with van der Waals surface area (Å²) >= 11 is 0. The molecule has 0 bridgehead atoms. The van der Waals surface area contributed by atoms with Gasteiger partial charge in [0.15, 0.2) is 11.6 Å². The molecule has 1 saturated heterocycles. The number of aryl methyl sites for hydroxylation is 1. The van der Waals surface area contributed by atoms with Gasteiger partial charge in [-0.25, -0.2) is 13.8 Å². The number of carbonyl (C=O) groups excluding carboxylic acids is 2. The van der Waals surface area contributed by atoms with Gasteiger partial charge in [-0.1, -0.05) is 12.1 Å². The van der Waals surface area contributed by atoms with E-state index in [1.54, 1.807) is 19.1 Å². The van der Waals surface area contributed by atoms with Crippen molar-refractivity contribution in [2.75, 3.05) is 11.4 Å². The summed E-state index contributed by atoms with van der Waals surface area (Å²) in [5.74, 6) is -2.20. The van der Waals surface area contributed by atoms with Crippen molar-refractivity contribution in [3.63, 3.8) is 0 Å². The van der Waals surface area contributed by atoms with Gasteiger partial charge in [0.2, 0.25) is 5.91 Å². The van der Waals surface area contributed by atoms with Crippen molar-refractivity contribution in [2.45, 2.75) is 38.5 Å². The van der Waals surface area contributed by atoms with Crippen LogP contribution in [0.3, 0.4) is 0 Å². The van der Waals surface area contributed by atoms with E-state index < -0.39 is 23.9 Å². The highest BCUT2D eigenvalue weighted by Gasteiger charge is 2.48. The van der Waals surface area contributed by atoms with Gasteiger partial charge < -0.3 is 10.0 Å². The van der Waals surface area contributed by atoms with Gasteiger partial charge >= 0.3 is 0 Å². The van der Waals surface area contributed by atoms with Crippen molar-refractivity contribution in [3.8, 4) is 0 Å². The lowest BCUT2D eigenvalue weighted by Gasteiger charge is -2.47. The number of aliphatic hydroxyl groups is 1. The summed E-state index contributed by atoms with van der Waals surface area (Å²) in [7, 11) is 0. The third-order valence-electron chi connectivity index (χ3n) is 5.55. The molecule has 2 aromatic rings. The van der Waals surface area contributed by atoms with Crippen LogP contribution in [0.25, 0.3) is 0 Å². The molecule has 1 N–H and O–H groups in total. The molecular formula is C21H21F2N3O3. The molecule has 0 spiro atoms. The smallest absolute Gasteiger partial charge is 0.251 e. The van der Waals surface area contributed by atoms with Crippen LogP contribution in [0.2, 0.25) is 0 Å². The van der Waals surface area contributed by atoms with Crippen LogP contribution in [0.15, 0.2) is 36.5 Å². The Morgan fingerprint density at radius 2 is 1.86 bits per heavy atom. The SMILES string of the molecule is Cc1cnc(N2CC(=O)N(Cc3ccc(F)cc3)[C@@H](C3CC(O)C3)C2=O)c(F)c1. The first-order valence-electron chi connectivity index (χ1n) is 9.49. The molecular weight excluding hydrogens is 380 g/mol. The number of piperazine rings is 1. The Kier molecular flexibility index (Phi) is 5.04. The number of carbonyl (C=O) groups is 2. The number of pyridine rings is 1. The van der Waals surface area contributed by atoms with E-state index in [0.717, 1.165) is 4.90 Å². The van der Waals surface area contributed by atoms with Gasteiger partial charge in [-0.2, -0.15) is 0 Å². The molecule has 2 heterocycles. The van der Waals surface area contributed by atoms with Crippen molar-refractivity contribution in [2.24, 2.45) is 5.92 Å². The predicted octanol–water partition coefficient (Wildman–Crippen LogP) is 2.18. The number of aromatic nitrogens is 1. The Morgan fingerprint density at radius 1 is 1.17 bits per heavy atom. The van der Waals surface area contributed by atoms with E-state index >= 15 is 0 Å². The maximum absolute atomic E-state index is 14.4. The molecule has 6 nitrogen and oxygen atoms in total. The van der Waals surface area contributed by atoms with Crippen LogP contribution in [0.5, 0.6) is 0 Å². The summed E-state index contributed by atoms with van der Waals surface area (Å²) in [4.78, 5) is 32.8. The monoisotopic (exact) mass is 401 g/mol. The number of aliphatic hydroxyl groups excluding tert-OH is 1. The molecule has 1 atom stereocenters. The number of hydrogen-bond acceptors (Lipinski definition) is 4. The largest absolute Gasteiger partial charge is 0.393 e. The van der Waals surface area contributed by atoms with Crippen molar-refractivity contribution in [1.82, 2.24) is 9.88 Å². The molecule has 2 amide bonds. The fraction of sp³-hybridized carbons (Fsp3) is 0.381. The molecule has 4 rings (SSSR count). The fourth-order valence-electron chi connectivity index (χ4n) is 3.97. The van der Waals surface area contributed by atoms with E-state index in [0.29, 0.717) is 24.0 Å². The van der Waals surface area contributed by atoms with Gasteiger partial charge in [0.05, 0.1) is 6.10 Å². The Hall–Kier alpha value is -2.87. The maximum atomic E-state index is 14.4. The highest BCUT2D eigenvalue weighted by Crippen LogP contribution is 2.37. The first kappa shape index (κ1) is 19.4. The van der Waals surface area contributed by atoms with Crippen molar-refractivity contribution >= 4 is 17.6 Å². The van der Waals surface area contributed by atoms with Crippen LogP contribution in [0.1, 0.15) is 24.0 Å². The van der Waals surface area contributed by atoms with E-state index in [4.69, 9.17) is 0 Å². The number of amides is 2. The van der Waals surface area contributed by atoms with E-state index in [-0.39, 0.29) is 36.5 Å². The van der Waals surface area contributed by atoms with E-state index in [1.807, 2.05) is 0 Å². The molecule has 1 aromatic carbocycles. The minimum atomic E-state index is -0.827. The minimum absolute atomic E-state index is 0.139. The van der Waals surface area contributed by atoms with Crippen LogP contribution in [-0.2, 0) is 16.1 Å². The number of anilines is 1. The van der Waals surface area contributed by atoms with Crippen LogP contribution >= 0.6 is 0 Å². The van der Waals surface area contributed by atoms with Gasteiger partial charge in [0, 0.05) is 12.7 Å². The molecule has 2 fully saturated rings. The van der Waals surface area contributed by atoms with Gasteiger partial charge in [-0.15, -0.1) is 0 Å². The van der Waals surface area contributed by atoms with E-state index in [2.05, 4.69) is 4.98 Å². The van der Waals surface area contributed by atoms with Crippen molar-refractivity contribution in [3.05, 3.63) is 59.3 Å². The van der Waals surface area contributed by atoms with Crippen molar-refractivity contribution in [1.29, 1.82) is 0 Å². The lowest BCUT2D eigenvalue weighted by molar-refractivity contribution is -0.149. The van der Waals surface area contributed by atoms with Crippen molar-refractivity contribution < 1.29 is 23.5 Å². The summed E-state index contributed by atoms with van der Waals surface area (Å²) < 4.78 is 27.7. The van der Waals surface area contributed by atoms with Crippen LogP contribution in [0.4, 0.5) is 14.6 Å². The number of rotatable bonds is 4. The summed E-state index contributed by atoms with van der Waals surface area (Å²) in [6.07, 6.45) is 1.71. The zero-order chi connectivity index (χ0) is 20.7. The van der Waals surface area contributed by atoms with Crippen LogP contribution in [0, 0.1) is 24.5 Å². The Morgan fingerprint density at radius 3 is 2.48 bits per heavy atom. The molecule has 1 aromatic heterocycles. The molecule has 0 unspecified atom stereocenters. The third-order valence-corrected chi connectivity index (χ3v) is 5.55. The lowest BCUT2D eigenvalue weighted by atomic mass is 9.75. The quantitative estimate of drug-likeness (QED) is 0.852. The molecule has 1 saturated carbocycles. The molecule has 8 heteroatoms. The minimum Gasteiger partial charge on any atom is -0.393 e. The first-order chi connectivity index (χ1) is 13.8. The second kappa shape index (κ2) is 7.51. The van der Waals surface area contributed by atoms with Gasteiger partial charge in [0.1, 0.15) is 18.4 Å². The first-order valence-corrected chi connectivity index (χ1v) is 9.49. The molecule has 1 aliphatic heterocycles. The summed E-state index contributed by atoms with van der Waals surface area (Å²) in [6.45, 7) is 1.50. The molecule has 29 heavy (non-hydrogen) atoms. The molecule has 152 valence electrons. The normalized spacial score (nSPS) is 24.6. The summed E-state index contributed by atoms with van der Waals surface area (Å²) in [5.41, 5.74) is 1.30. The predicted molar refractivity (Wildman–Crippen MR) is 101 cm³/mol. The van der Waals surface area contributed by atoms with Crippen LogP contribution in [-0.4, -0.2) is 45.5 Å². The van der Waals surface area contributed by atoms with Crippen LogP contribution < -0.4 is 4.90 Å². The van der Waals surface area contributed by atoms with E-state index in [9.17, 15) is 23.5 Å². The summed E-state index contributed by atoms with van der Waals surface area (Å²) in [5, 5.41) is 9.72. The Balaban J connectivity index is 1.65. The number of nitrogens with zero attached hydrogens (tertiary/aromatic N) is 3. The lowest BCUT2D eigenvalue weighted by Crippen LogP contribution is -2.64. The fourth-order valence-corrected chi connectivity index (χ4v) is 3.97. The zero-order valence-electron chi connectivity index (χ0n) is 15.9. The second-order valence-electron chi connectivity index (χ2n) is 7.72. The van der Waals surface area contributed by atoms with E-state index in [1.165, 1.54) is 29.3 Å². The molecule has 2 aliphatic rings. The average molecular weight is 401 g/mol. The maximum Gasteiger partial charge on any atom is 0.251 e. The number of hydrogen-bond donors (Lipinski definition) is 1. The summed E-state index contributed by atoms with van der Waals surface area (Å²) in [6, 6.07) is 6.16. The highest BCUT2D eigenvalue weighted by atomic mass is 19.1. The zero-order valence-corrected chi connectivity index (χ0v) is 15.9. The number of halogens is 2. The Bertz CT molecular complexity index is 945. The third kappa shape index (κ3) is 3.72. The van der Waals surface area contributed by atoms with Gasteiger partial charge in [0.25, 0.3) is 5.91 Å². The average Bonchev–Trinajstić information content (AvgIpc) is 2.65. The molecule has 0 radical (unpaired) electrons.